The summed E-state index contributed by atoms with van der Waals surface area (Å²) in [6.45, 7) is 0.803. The van der Waals surface area contributed by atoms with Gasteiger partial charge in [0.1, 0.15) is 0 Å². The van der Waals surface area contributed by atoms with Gasteiger partial charge in [-0.15, -0.1) is 0 Å². The topological polar surface area (TPSA) is 29.9 Å². The monoisotopic (exact) mass is 315 g/mol. The molecule has 1 aromatic carbocycles. The van der Waals surface area contributed by atoms with Crippen LogP contribution in [-0.4, -0.2) is 9.55 Å². The van der Waals surface area contributed by atoms with E-state index in [1.165, 1.54) is 5.56 Å². The van der Waals surface area contributed by atoms with E-state index < -0.39 is 0 Å². The predicted molar refractivity (Wildman–Crippen MR) is 82.2 cm³/mol. The summed E-state index contributed by atoms with van der Waals surface area (Å²) in [7, 11) is 2.03. The van der Waals surface area contributed by atoms with E-state index in [9.17, 15) is 0 Å². The minimum atomic E-state index is 0.803. The molecule has 2 heterocycles. The van der Waals surface area contributed by atoms with Gasteiger partial charge in [0.2, 0.25) is 0 Å². The highest BCUT2D eigenvalue weighted by Crippen LogP contribution is 2.24. The summed E-state index contributed by atoms with van der Waals surface area (Å²) in [6.07, 6.45) is 5.99. The zero-order valence-corrected chi connectivity index (χ0v) is 12.2. The Balaban J connectivity index is 1.88. The van der Waals surface area contributed by atoms with Gasteiger partial charge in [-0.2, -0.15) is 0 Å². The normalized spacial score (nSPS) is 10.8. The Hall–Kier alpha value is -1.81. The first-order valence-electron chi connectivity index (χ1n) is 6.11. The van der Waals surface area contributed by atoms with Crippen molar-refractivity contribution < 1.29 is 0 Å². The molecule has 0 amide bonds. The number of hydrogen-bond donors (Lipinski definition) is 1. The molecule has 3 aromatic rings. The van der Waals surface area contributed by atoms with E-state index in [1.54, 1.807) is 0 Å². The summed E-state index contributed by atoms with van der Waals surface area (Å²) < 4.78 is 3.05. The lowest BCUT2D eigenvalue weighted by Crippen LogP contribution is -1.99. The van der Waals surface area contributed by atoms with E-state index in [-0.39, 0.29) is 0 Å². The summed E-state index contributed by atoms with van der Waals surface area (Å²) in [5.41, 5.74) is 3.33. The Kier molecular flexibility index (Phi) is 3.25. The second kappa shape index (κ2) is 5.05. The first kappa shape index (κ1) is 12.2. The Morgan fingerprint density at radius 1 is 1.32 bits per heavy atom. The molecule has 0 saturated heterocycles. The molecule has 3 rings (SSSR count). The number of aryl methyl sites for hydroxylation is 1. The van der Waals surface area contributed by atoms with Crippen molar-refractivity contribution in [3.05, 3.63) is 59.0 Å². The van der Waals surface area contributed by atoms with Gasteiger partial charge in [0, 0.05) is 42.0 Å². The van der Waals surface area contributed by atoms with E-state index in [1.807, 2.05) is 19.3 Å². The van der Waals surface area contributed by atoms with Crippen molar-refractivity contribution in [2.45, 2.75) is 6.54 Å². The van der Waals surface area contributed by atoms with Gasteiger partial charge in [-0.25, -0.2) is 0 Å². The molecule has 0 aliphatic heterocycles. The Morgan fingerprint density at radius 3 is 3.00 bits per heavy atom. The van der Waals surface area contributed by atoms with Gasteiger partial charge in [-0.3, -0.25) is 4.98 Å². The van der Waals surface area contributed by atoms with E-state index in [4.69, 9.17) is 0 Å². The average molecular weight is 316 g/mol. The first-order chi connectivity index (χ1) is 9.22. The third-order valence-corrected chi connectivity index (χ3v) is 3.49. The molecule has 0 fully saturated rings. The number of nitrogens with zero attached hydrogens (tertiary/aromatic N) is 2. The third-order valence-electron chi connectivity index (χ3n) is 3.05. The van der Waals surface area contributed by atoms with Crippen LogP contribution in [0.1, 0.15) is 5.56 Å². The van der Waals surface area contributed by atoms with Crippen molar-refractivity contribution in [3.63, 3.8) is 0 Å². The molecule has 0 aliphatic rings. The molecule has 1 N–H and O–H groups in total. The maximum absolute atomic E-state index is 4.48. The van der Waals surface area contributed by atoms with Crippen LogP contribution >= 0.6 is 15.9 Å². The average Bonchev–Trinajstić information content (AvgIpc) is 2.81. The van der Waals surface area contributed by atoms with Crippen molar-refractivity contribution in [2.24, 2.45) is 7.05 Å². The molecule has 0 unspecified atom stereocenters. The van der Waals surface area contributed by atoms with Crippen LogP contribution in [0.2, 0.25) is 0 Å². The molecule has 4 heteroatoms. The molecule has 0 saturated carbocycles. The number of fused-ring (bicyclic) bond motifs is 1. The summed E-state index contributed by atoms with van der Waals surface area (Å²) in [5, 5.41) is 4.58. The number of para-hydroxylation sites is 1. The lowest BCUT2D eigenvalue weighted by atomic mass is 10.2. The molecule has 0 atom stereocenters. The molecule has 0 radical (unpaired) electrons. The zero-order valence-electron chi connectivity index (χ0n) is 10.6. The number of benzene rings is 1. The fourth-order valence-electron chi connectivity index (χ4n) is 2.14. The Labute approximate surface area is 120 Å². The molecule has 0 spiro atoms. The van der Waals surface area contributed by atoms with Crippen molar-refractivity contribution in [1.29, 1.82) is 0 Å². The maximum Gasteiger partial charge on any atom is 0.0934 e. The Morgan fingerprint density at radius 2 is 2.21 bits per heavy atom. The maximum atomic E-state index is 4.48. The molecule has 96 valence electrons. The number of hydrogen-bond acceptors (Lipinski definition) is 2. The minimum Gasteiger partial charge on any atom is -0.379 e. The van der Waals surface area contributed by atoms with Gasteiger partial charge in [0.05, 0.1) is 11.2 Å². The summed E-state index contributed by atoms with van der Waals surface area (Å²) in [6, 6.07) is 10.4. The summed E-state index contributed by atoms with van der Waals surface area (Å²) in [4.78, 5) is 4.48. The van der Waals surface area contributed by atoms with Gasteiger partial charge in [-0.05, 0) is 39.7 Å². The van der Waals surface area contributed by atoms with Crippen LogP contribution in [0.5, 0.6) is 0 Å². The van der Waals surface area contributed by atoms with E-state index >= 15 is 0 Å². The van der Waals surface area contributed by atoms with Crippen LogP contribution in [0.4, 0.5) is 5.69 Å². The molecule has 0 bridgehead atoms. The highest BCUT2D eigenvalue weighted by Gasteiger charge is 2.03. The zero-order chi connectivity index (χ0) is 13.2. The highest BCUT2D eigenvalue weighted by atomic mass is 79.9. The van der Waals surface area contributed by atoms with Crippen LogP contribution in [0.25, 0.3) is 10.9 Å². The standard InChI is InChI=1S/C15H14BrN3/c1-19-6-5-11(10-19)8-17-14-4-2-3-12-7-13(16)9-18-15(12)14/h2-7,9-10,17H,8H2,1H3. The molecule has 3 nitrogen and oxygen atoms in total. The second-order valence-electron chi connectivity index (χ2n) is 4.57. The number of anilines is 1. The smallest absolute Gasteiger partial charge is 0.0934 e. The summed E-state index contributed by atoms with van der Waals surface area (Å²) in [5.74, 6) is 0. The van der Waals surface area contributed by atoms with E-state index in [0.717, 1.165) is 27.6 Å². The van der Waals surface area contributed by atoms with Crippen LogP contribution in [0, 0.1) is 0 Å². The lowest BCUT2D eigenvalue weighted by molar-refractivity contribution is 0.920. The number of halogens is 1. The number of nitrogens with one attached hydrogen (secondary N) is 1. The second-order valence-corrected chi connectivity index (χ2v) is 5.49. The number of aromatic nitrogens is 2. The van der Waals surface area contributed by atoms with Crippen molar-refractivity contribution in [1.82, 2.24) is 9.55 Å². The SMILES string of the molecule is Cn1ccc(CNc2cccc3cc(Br)cnc23)c1. The van der Waals surface area contributed by atoms with E-state index in [0.29, 0.717) is 0 Å². The van der Waals surface area contributed by atoms with E-state index in [2.05, 4.69) is 67.5 Å². The Bertz CT molecular complexity index is 718. The van der Waals surface area contributed by atoms with Crippen molar-refractivity contribution in [3.8, 4) is 0 Å². The highest BCUT2D eigenvalue weighted by molar-refractivity contribution is 9.10. The van der Waals surface area contributed by atoms with Crippen LogP contribution in [0.15, 0.2) is 53.4 Å². The van der Waals surface area contributed by atoms with Gasteiger partial charge in [0.25, 0.3) is 0 Å². The van der Waals surface area contributed by atoms with Crippen LogP contribution < -0.4 is 5.32 Å². The number of rotatable bonds is 3. The van der Waals surface area contributed by atoms with Gasteiger partial charge < -0.3 is 9.88 Å². The third kappa shape index (κ3) is 2.63. The molecular weight excluding hydrogens is 302 g/mol. The fourth-order valence-corrected chi connectivity index (χ4v) is 2.49. The van der Waals surface area contributed by atoms with Crippen LogP contribution in [0.3, 0.4) is 0 Å². The van der Waals surface area contributed by atoms with Crippen LogP contribution in [-0.2, 0) is 13.6 Å². The molecular formula is C15H14BrN3. The van der Waals surface area contributed by atoms with Gasteiger partial charge in [0.15, 0.2) is 0 Å². The van der Waals surface area contributed by atoms with Gasteiger partial charge >= 0.3 is 0 Å². The molecule has 2 aromatic heterocycles. The predicted octanol–water partition coefficient (Wildman–Crippen LogP) is 3.95. The lowest BCUT2D eigenvalue weighted by Gasteiger charge is -2.08. The van der Waals surface area contributed by atoms with Gasteiger partial charge in [-0.1, -0.05) is 12.1 Å². The largest absolute Gasteiger partial charge is 0.379 e. The first-order valence-corrected chi connectivity index (χ1v) is 6.91. The number of pyridine rings is 1. The minimum absolute atomic E-state index is 0.803. The molecule has 0 aliphatic carbocycles. The van der Waals surface area contributed by atoms with Crippen molar-refractivity contribution >= 4 is 32.5 Å². The quantitative estimate of drug-likeness (QED) is 0.793. The molecule has 19 heavy (non-hydrogen) atoms. The van der Waals surface area contributed by atoms with Crippen molar-refractivity contribution in [2.75, 3.05) is 5.32 Å². The fraction of sp³-hybridized carbons (Fsp3) is 0.133. The summed E-state index contributed by atoms with van der Waals surface area (Å²) >= 11 is 3.45.